The first kappa shape index (κ1) is 22.0. The fourth-order valence-corrected chi connectivity index (χ4v) is 3.87. The molecule has 0 aliphatic rings. The molecule has 0 spiro atoms. The minimum absolute atomic E-state index is 0.0406. The van der Waals surface area contributed by atoms with Gasteiger partial charge in [0.15, 0.2) is 0 Å². The van der Waals surface area contributed by atoms with E-state index in [1.165, 1.54) is 18.2 Å². The van der Waals surface area contributed by atoms with Crippen molar-refractivity contribution in [2.45, 2.75) is 0 Å². The maximum atomic E-state index is 12.3. The maximum absolute atomic E-state index is 12.3. The Bertz CT molecular complexity index is 1210. The van der Waals surface area contributed by atoms with Crippen molar-refractivity contribution in [1.82, 2.24) is 5.32 Å². The van der Waals surface area contributed by atoms with Crippen molar-refractivity contribution in [3.63, 3.8) is 0 Å². The van der Waals surface area contributed by atoms with E-state index in [0.29, 0.717) is 5.75 Å². The minimum Gasteiger partial charge on any atom is -0.491 e. The lowest BCUT2D eigenvalue weighted by molar-refractivity contribution is -0.384. The first-order valence-corrected chi connectivity index (χ1v) is 11.2. The van der Waals surface area contributed by atoms with Gasteiger partial charge in [-0.3, -0.25) is 19.2 Å². The molecule has 9 nitrogen and oxygen atoms in total. The van der Waals surface area contributed by atoms with E-state index in [9.17, 15) is 23.3 Å². The van der Waals surface area contributed by atoms with Gasteiger partial charge in [-0.25, -0.2) is 8.42 Å². The van der Waals surface area contributed by atoms with Crippen LogP contribution in [0.5, 0.6) is 5.75 Å². The molecule has 0 radical (unpaired) electrons. The van der Waals surface area contributed by atoms with Gasteiger partial charge >= 0.3 is 0 Å². The molecule has 0 saturated heterocycles. The van der Waals surface area contributed by atoms with E-state index in [0.717, 1.165) is 27.4 Å². The van der Waals surface area contributed by atoms with E-state index < -0.39 is 27.4 Å². The van der Waals surface area contributed by atoms with Crippen LogP contribution in [0, 0.1) is 10.1 Å². The molecule has 0 bridgehead atoms. The Kier molecular flexibility index (Phi) is 6.71. The molecule has 0 heterocycles. The molecule has 0 unspecified atom stereocenters. The number of ether oxygens (including phenoxy) is 1. The average molecular weight is 443 g/mol. The second kappa shape index (κ2) is 9.43. The van der Waals surface area contributed by atoms with E-state index in [4.69, 9.17) is 4.74 Å². The number of carbonyl (C=O) groups excluding carboxylic acids is 1. The number of rotatable bonds is 9. The molecule has 3 rings (SSSR count). The predicted octanol–water partition coefficient (Wildman–Crippen LogP) is 2.71. The van der Waals surface area contributed by atoms with Crippen LogP contribution in [0.25, 0.3) is 10.8 Å². The largest absolute Gasteiger partial charge is 0.491 e. The molecular weight excluding hydrogens is 422 g/mol. The van der Waals surface area contributed by atoms with Crippen molar-refractivity contribution in [2.75, 3.05) is 30.3 Å². The molecule has 31 heavy (non-hydrogen) atoms. The molecule has 0 aliphatic heterocycles. The zero-order valence-electron chi connectivity index (χ0n) is 16.7. The summed E-state index contributed by atoms with van der Waals surface area (Å²) in [4.78, 5) is 22.6. The van der Waals surface area contributed by atoms with E-state index in [1.807, 2.05) is 42.5 Å². The summed E-state index contributed by atoms with van der Waals surface area (Å²) >= 11 is 0. The number of nitrogens with zero attached hydrogens (tertiary/aromatic N) is 2. The number of nitro groups is 1. The van der Waals surface area contributed by atoms with Crippen LogP contribution < -0.4 is 14.4 Å². The van der Waals surface area contributed by atoms with Gasteiger partial charge in [0.05, 0.1) is 23.4 Å². The summed E-state index contributed by atoms with van der Waals surface area (Å²) in [6, 6.07) is 18.5. The first-order valence-electron chi connectivity index (χ1n) is 9.35. The molecule has 0 aliphatic carbocycles. The molecule has 0 atom stereocenters. The van der Waals surface area contributed by atoms with Crippen LogP contribution in [0.3, 0.4) is 0 Å². The summed E-state index contributed by atoms with van der Waals surface area (Å²) in [5.74, 6) is 0.125. The molecule has 0 saturated carbocycles. The molecular formula is C21H21N3O6S. The number of nitrogens with one attached hydrogen (secondary N) is 1. The number of non-ortho nitro benzene ring substituents is 1. The second-order valence-electron chi connectivity index (χ2n) is 6.72. The smallest absolute Gasteiger partial charge is 0.271 e. The monoisotopic (exact) mass is 443 g/mol. The van der Waals surface area contributed by atoms with Gasteiger partial charge in [0.1, 0.15) is 18.9 Å². The molecule has 0 fully saturated rings. The van der Waals surface area contributed by atoms with Gasteiger partial charge < -0.3 is 10.1 Å². The zero-order chi connectivity index (χ0) is 22.4. The normalized spacial score (nSPS) is 11.1. The summed E-state index contributed by atoms with van der Waals surface area (Å²) in [5.41, 5.74) is -0.228. The summed E-state index contributed by atoms with van der Waals surface area (Å²) in [5, 5.41) is 15.6. The van der Waals surface area contributed by atoms with E-state index in [1.54, 1.807) is 0 Å². The highest BCUT2D eigenvalue weighted by atomic mass is 32.2. The van der Waals surface area contributed by atoms with Gasteiger partial charge in [0.2, 0.25) is 15.9 Å². The Labute approximate surface area is 179 Å². The molecule has 1 amide bonds. The van der Waals surface area contributed by atoms with Gasteiger partial charge in [-0.2, -0.15) is 0 Å². The molecule has 162 valence electrons. The SMILES string of the molecule is CS(=O)(=O)N(CC(=O)NCCOc1cccc2ccccc12)c1cccc([N+](=O)[O-])c1. The summed E-state index contributed by atoms with van der Waals surface area (Å²) in [6.45, 7) is -0.154. The number of fused-ring (bicyclic) bond motifs is 1. The van der Waals surface area contributed by atoms with Crippen LogP contribution in [0.4, 0.5) is 11.4 Å². The van der Waals surface area contributed by atoms with E-state index >= 15 is 0 Å². The Hall–Kier alpha value is -3.66. The number of anilines is 1. The summed E-state index contributed by atoms with van der Waals surface area (Å²) < 4.78 is 30.8. The van der Waals surface area contributed by atoms with Crippen molar-refractivity contribution < 1.29 is 22.9 Å². The highest BCUT2D eigenvalue weighted by Gasteiger charge is 2.22. The fraction of sp³-hybridized carbons (Fsp3) is 0.190. The maximum Gasteiger partial charge on any atom is 0.271 e. The van der Waals surface area contributed by atoms with Crippen LogP contribution in [0.15, 0.2) is 66.7 Å². The van der Waals surface area contributed by atoms with Crippen LogP contribution in [0.1, 0.15) is 0 Å². The van der Waals surface area contributed by atoms with Crippen molar-refractivity contribution in [3.8, 4) is 5.75 Å². The molecule has 3 aromatic rings. The number of amides is 1. The van der Waals surface area contributed by atoms with Gasteiger partial charge in [-0.05, 0) is 17.5 Å². The molecule has 10 heteroatoms. The van der Waals surface area contributed by atoms with Crippen molar-refractivity contribution in [1.29, 1.82) is 0 Å². The number of sulfonamides is 1. The van der Waals surface area contributed by atoms with Crippen LogP contribution in [-0.2, 0) is 14.8 Å². The van der Waals surface area contributed by atoms with E-state index in [-0.39, 0.29) is 24.5 Å². The lowest BCUT2D eigenvalue weighted by atomic mass is 10.1. The summed E-state index contributed by atoms with van der Waals surface area (Å²) in [6.07, 6.45) is 0.933. The number of hydrogen-bond acceptors (Lipinski definition) is 6. The second-order valence-corrected chi connectivity index (χ2v) is 8.63. The third-order valence-corrected chi connectivity index (χ3v) is 5.59. The Morgan fingerprint density at radius 2 is 1.81 bits per heavy atom. The van der Waals surface area contributed by atoms with Crippen LogP contribution in [0.2, 0.25) is 0 Å². The first-order chi connectivity index (χ1) is 14.8. The topological polar surface area (TPSA) is 119 Å². The Balaban J connectivity index is 1.60. The third-order valence-electron chi connectivity index (χ3n) is 4.45. The van der Waals surface area contributed by atoms with Crippen LogP contribution in [-0.4, -0.2) is 45.2 Å². The molecule has 1 N–H and O–H groups in total. The zero-order valence-corrected chi connectivity index (χ0v) is 17.5. The summed E-state index contributed by atoms with van der Waals surface area (Å²) in [7, 11) is -3.83. The van der Waals surface area contributed by atoms with Gasteiger partial charge in [0, 0.05) is 17.5 Å². The average Bonchev–Trinajstić information content (AvgIpc) is 2.74. The Morgan fingerprint density at radius 1 is 1.10 bits per heavy atom. The quantitative estimate of drug-likeness (QED) is 0.309. The number of benzene rings is 3. The Morgan fingerprint density at radius 3 is 2.55 bits per heavy atom. The highest BCUT2D eigenvalue weighted by molar-refractivity contribution is 7.92. The lowest BCUT2D eigenvalue weighted by Gasteiger charge is -2.21. The standard InChI is InChI=1S/C21H21N3O6S/c1-31(28,29)23(17-8-5-9-18(14-17)24(26)27)15-21(25)22-12-13-30-20-11-4-7-16-6-2-3-10-19(16)20/h2-11,14H,12-13,15H2,1H3,(H,22,25). The number of hydrogen-bond donors (Lipinski definition) is 1. The number of nitro benzene ring substituents is 1. The predicted molar refractivity (Wildman–Crippen MR) is 118 cm³/mol. The van der Waals surface area contributed by atoms with Gasteiger partial charge in [0.25, 0.3) is 5.69 Å². The molecule has 3 aromatic carbocycles. The van der Waals surface area contributed by atoms with E-state index in [2.05, 4.69) is 5.32 Å². The van der Waals surface area contributed by atoms with Crippen molar-refractivity contribution >= 4 is 38.1 Å². The fourth-order valence-electron chi connectivity index (χ4n) is 3.02. The van der Waals surface area contributed by atoms with Gasteiger partial charge in [-0.15, -0.1) is 0 Å². The minimum atomic E-state index is -3.83. The van der Waals surface area contributed by atoms with Crippen molar-refractivity contribution in [2.24, 2.45) is 0 Å². The van der Waals surface area contributed by atoms with Crippen molar-refractivity contribution in [3.05, 3.63) is 76.8 Å². The number of carbonyl (C=O) groups is 1. The van der Waals surface area contributed by atoms with Gasteiger partial charge in [-0.1, -0.05) is 42.5 Å². The third kappa shape index (κ3) is 5.70. The lowest BCUT2D eigenvalue weighted by Crippen LogP contribution is -2.41. The van der Waals surface area contributed by atoms with Crippen LogP contribution >= 0.6 is 0 Å². The molecule has 0 aromatic heterocycles. The highest BCUT2D eigenvalue weighted by Crippen LogP contribution is 2.25.